The summed E-state index contributed by atoms with van der Waals surface area (Å²) in [5.74, 6) is -2.24. The molecule has 2 aromatic rings. The van der Waals surface area contributed by atoms with Crippen LogP contribution in [0.25, 0.3) is 0 Å². The largest absolute Gasteiger partial charge is 0.492 e. The van der Waals surface area contributed by atoms with Crippen molar-refractivity contribution in [2.24, 2.45) is 4.40 Å². The van der Waals surface area contributed by atoms with Gasteiger partial charge in [0.2, 0.25) is 0 Å². The average Bonchev–Trinajstić information content (AvgIpc) is 2.63. The molecule has 148 valence electrons. The fraction of sp³-hybridized carbons (Fsp3) is 0.300. The van der Waals surface area contributed by atoms with Crippen molar-refractivity contribution in [3.8, 4) is 5.75 Å². The van der Waals surface area contributed by atoms with Gasteiger partial charge in [0.15, 0.2) is 11.6 Å². The zero-order valence-corrected chi connectivity index (χ0v) is 16.5. The Bertz CT molecular complexity index is 984. The molecule has 0 saturated heterocycles. The van der Waals surface area contributed by atoms with E-state index >= 15 is 0 Å². The maximum absolute atomic E-state index is 13.4. The van der Waals surface area contributed by atoms with Gasteiger partial charge in [-0.15, -0.1) is 0 Å². The van der Waals surface area contributed by atoms with Gasteiger partial charge in [0.25, 0.3) is 5.91 Å². The number of halogens is 2. The second-order valence-corrected chi connectivity index (χ2v) is 9.17. The lowest BCUT2D eigenvalue weighted by molar-refractivity contribution is 0.102. The number of rotatable bonds is 3. The summed E-state index contributed by atoms with van der Waals surface area (Å²) in [5.41, 5.74) is 1.56. The molecule has 1 aliphatic heterocycles. The highest BCUT2D eigenvalue weighted by Gasteiger charge is 2.26. The minimum absolute atomic E-state index is 0.125. The van der Waals surface area contributed by atoms with E-state index in [0.717, 1.165) is 12.1 Å². The normalized spacial score (nSPS) is 16.2. The highest BCUT2D eigenvalue weighted by atomic mass is 32.2. The Balaban J connectivity index is 1.93. The quantitative estimate of drug-likeness (QED) is 0.829. The zero-order chi connectivity index (χ0) is 20.5. The second kappa shape index (κ2) is 7.79. The third-order valence-electron chi connectivity index (χ3n) is 4.05. The fourth-order valence-corrected chi connectivity index (χ4v) is 3.25. The first-order valence-corrected chi connectivity index (χ1v) is 9.79. The van der Waals surface area contributed by atoms with Gasteiger partial charge in [0.1, 0.15) is 16.7 Å². The van der Waals surface area contributed by atoms with Crippen LogP contribution < -0.4 is 10.1 Å². The van der Waals surface area contributed by atoms with E-state index in [1.165, 1.54) is 6.07 Å². The van der Waals surface area contributed by atoms with Crippen molar-refractivity contribution >= 4 is 28.3 Å². The topological polar surface area (TPSA) is 67.8 Å². The Morgan fingerprint density at radius 1 is 1.18 bits per heavy atom. The Kier molecular flexibility index (Phi) is 5.60. The molecule has 0 aliphatic carbocycles. The van der Waals surface area contributed by atoms with Gasteiger partial charge in [0, 0.05) is 23.7 Å². The number of para-hydroxylation sites is 1. The number of hydrogen-bond acceptors (Lipinski definition) is 3. The first kappa shape index (κ1) is 20.1. The third kappa shape index (κ3) is 4.27. The summed E-state index contributed by atoms with van der Waals surface area (Å²) in [4.78, 5) is 12.7. The lowest BCUT2D eigenvalue weighted by Gasteiger charge is -2.22. The maximum atomic E-state index is 13.4. The van der Waals surface area contributed by atoms with Crippen molar-refractivity contribution in [3.05, 3.63) is 59.2 Å². The highest BCUT2D eigenvalue weighted by Crippen LogP contribution is 2.31. The van der Waals surface area contributed by atoms with Crippen LogP contribution in [-0.2, 0) is 11.0 Å². The maximum Gasteiger partial charge on any atom is 0.259 e. The molecule has 0 saturated carbocycles. The second-order valence-electron chi connectivity index (χ2n) is 7.26. The molecule has 28 heavy (non-hydrogen) atoms. The van der Waals surface area contributed by atoms with Gasteiger partial charge in [-0.2, -0.15) is 4.40 Å². The molecule has 0 aromatic heterocycles. The smallest absolute Gasteiger partial charge is 0.259 e. The van der Waals surface area contributed by atoms with Crippen LogP contribution in [0, 0.1) is 11.6 Å². The molecular formula is C20H20F2N2O3S. The molecule has 1 N–H and O–H groups in total. The van der Waals surface area contributed by atoms with E-state index in [1.807, 2.05) is 20.8 Å². The average molecular weight is 406 g/mol. The third-order valence-corrected chi connectivity index (χ3v) is 5.48. The molecule has 1 atom stereocenters. The lowest BCUT2D eigenvalue weighted by atomic mass is 10.00. The standard InChI is InChI=1S/C20H20F2N2O3S/c1-20(2,3)28(26)24-17-9-10-27-18-13(17)5-4-6-14(18)19(25)23-12-7-8-15(21)16(22)11-12/h4-8,11H,9-10H2,1-3H3,(H,23,25)/t28-/m0/s1. The highest BCUT2D eigenvalue weighted by molar-refractivity contribution is 7.85. The molecule has 0 radical (unpaired) electrons. The van der Waals surface area contributed by atoms with Crippen molar-refractivity contribution in [2.45, 2.75) is 31.9 Å². The molecule has 2 aromatic carbocycles. The molecule has 1 heterocycles. The van der Waals surface area contributed by atoms with E-state index in [4.69, 9.17) is 4.74 Å². The molecule has 0 fully saturated rings. The molecule has 8 heteroatoms. The summed E-state index contributed by atoms with van der Waals surface area (Å²) in [5, 5.41) is 2.53. The van der Waals surface area contributed by atoms with Crippen molar-refractivity contribution in [3.63, 3.8) is 0 Å². The number of benzene rings is 2. The summed E-state index contributed by atoms with van der Waals surface area (Å²) in [6, 6.07) is 8.10. The van der Waals surface area contributed by atoms with Crippen LogP contribution in [0.4, 0.5) is 14.5 Å². The van der Waals surface area contributed by atoms with Crippen molar-refractivity contribution in [1.29, 1.82) is 0 Å². The van der Waals surface area contributed by atoms with Gasteiger partial charge < -0.3 is 10.1 Å². The van der Waals surface area contributed by atoms with E-state index in [2.05, 4.69) is 9.71 Å². The summed E-state index contributed by atoms with van der Waals surface area (Å²) in [6.07, 6.45) is 0.475. The van der Waals surface area contributed by atoms with Gasteiger partial charge >= 0.3 is 0 Å². The van der Waals surface area contributed by atoms with Crippen molar-refractivity contribution in [1.82, 2.24) is 0 Å². The Morgan fingerprint density at radius 3 is 2.61 bits per heavy atom. The van der Waals surface area contributed by atoms with Gasteiger partial charge in [-0.05, 0) is 45.0 Å². The van der Waals surface area contributed by atoms with E-state index in [9.17, 15) is 17.8 Å². The number of carbonyl (C=O) groups is 1. The van der Waals surface area contributed by atoms with Crippen LogP contribution in [0.3, 0.4) is 0 Å². The lowest BCUT2D eigenvalue weighted by Crippen LogP contribution is -2.24. The van der Waals surface area contributed by atoms with Crippen molar-refractivity contribution in [2.75, 3.05) is 11.9 Å². The van der Waals surface area contributed by atoms with Gasteiger partial charge in [-0.25, -0.2) is 13.0 Å². The zero-order valence-electron chi connectivity index (χ0n) is 15.7. The monoisotopic (exact) mass is 406 g/mol. The number of nitrogens with zero attached hydrogens (tertiary/aromatic N) is 1. The molecular weight excluding hydrogens is 386 g/mol. The van der Waals surface area contributed by atoms with Crippen LogP contribution in [0.1, 0.15) is 43.1 Å². The predicted octanol–water partition coefficient (Wildman–Crippen LogP) is 4.25. The Labute approximate surface area is 164 Å². The summed E-state index contributed by atoms with van der Waals surface area (Å²) in [6.45, 7) is 5.79. The van der Waals surface area contributed by atoms with Crippen LogP contribution in [0.5, 0.6) is 5.75 Å². The minimum Gasteiger partial charge on any atom is -0.492 e. The number of anilines is 1. The minimum atomic E-state index is -1.44. The molecule has 0 bridgehead atoms. The summed E-state index contributed by atoms with van der Waals surface area (Å²) >= 11 is 0. The molecule has 0 spiro atoms. The molecule has 5 nitrogen and oxygen atoms in total. The molecule has 3 rings (SSSR count). The van der Waals surface area contributed by atoms with E-state index in [0.29, 0.717) is 30.1 Å². The number of nitrogens with one attached hydrogen (secondary N) is 1. The number of hydrogen-bond donors (Lipinski definition) is 1. The molecule has 1 aliphatic rings. The van der Waals surface area contributed by atoms with Crippen molar-refractivity contribution < 1.29 is 22.5 Å². The van der Waals surface area contributed by atoms with Gasteiger partial charge in [0.05, 0.1) is 22.6 Å². The Morgan fingerprint density at radius 2 is 1.93 bits per heavy atom. The predicted molar refractivity (Wildman–Crippen MR) is 105 cm³/mol. The number of amides is 1. The number of ether oxygens (including phenoxy) is 1. The first-order valence-electron chi connectivity index (χ1n) is 8.69. The summed E-state index contributed by atoms with van der Waals surface area (Å²) in [7, 11) is -1.44. The fourth-order valence-electron chi connectivity index (χ4n) is 2.59. The SMILES string of the molecule is CC(C)(C)[S@](=O)N=C1CCOc2c(C(=O)Nc3ccc(F)c(F)c3)cccc21. The van der Waals surface area contributed by atoms with Gasteiger partial charge in [-0.1, -0.05) is 6.07 Å². The number of carbonyl (C=O) groups excluding carboxylic acids is 1. The molecule has 1 amide bonds. The summed E-state index contributed by atoms with van der Waals surface area (Å²) < 4.78 is 48.4. The molecule has 0 unspecified atom stereocenters. The van der Waals surface area contributed by atoms with E-state index in [1.54, 1.807) is 18.2 Å². The van der Waals surface area contributed by atoms with Crippen LogP contribution in [-0.4, -0.2) is 27.2 Å². The van der Waals surface area contributed by atoms with Crippen LogP contribution in [0.15, 0.2) is 40.8 Å². The van der Waals surface area contributed by atoms with Crippen LogP contribution in [0.2, 0.25) is 0 Å². The van der Waals surface area contributed by atoms with Crippen LogP contribution >= 0.6 is 0 Å². The van der Waals surface area contributed by atoms with E-state index < -0.39 is 33.3 Å². The number of fused-ring (bicyclic) bond motifs is 1. The van der Waals surface area contributed by atoms with E-state index in [-0.39, 0.29) is 11.3 Å². The van der Waals surface area contributed by atoms with Gasteiger partial charge in [-0.3, -0.25) is 4.79 Å². The first-order chi connectivity index (χ1) is 13.2. The Hall–Kier alpha value is -2.61.